The van der Waals surface area contributed by atoms with Crippen molar-refractivity contribution < 1.29 is 4.39 Å². The number of aromatic nitrogens is 2. The lowest BCUT2D eigenvalue weighted by molar-refractivity contribution is 0.527. The van der Waals surface area contributed by atoms with E-state index in [-0.39, 0.29) is 11.9 Å². The third-order valence-electron chi connectivity index (χ3n) is 3.73. The fraction of sp³-hybridized carbons (Fsp3) is 0.312. The Labute approximate surface area is 128 Å². The Morgan fingerprint density at radius 3 is 3.05 bits per heavy atom. The highest BCUT2D eigenvalue weighted by atomic mass is 19.1. The molecule has 1 N–H and O–H groups in total. The monoisotopic (exact) mass is 297 g/mol. The molecule has 0 bridgehead atoms. The fourth-order valence-corrected chi connectivity index (χ4v) is 2.74. The Morgan fingerprint density at radius 1 is 1.36 bits per heavy atom. The molecule has 1 aromatic heterocycles. The largest absolute Gasteiger partial charge is 0.369 e. The third-order valence-corrected chi connectivity index (χ3v) is 3.73. The third kappa shape index (κ3) is 3.31. The molecule has 1 saturated heterocycles. The lowest BCUT2D eigenvalue weighted by Crippen LogP contribution is -2.42. The highest BCUT2D eigenvalue weighted by Gasteiger charge is 2.21. The van der Waals surface area contributed by atoms with Gasteiger partial charge in [0.25, 0.3) is 0 Å². The van der Waals surface area contributed by atoms with Crippen LogP contribution in [0.25, 0.3) is 0 Å². The van der Waals surface area contributed by atoms with Gasteiger partial charge in [-0.3, -0.25) is 0 Å². The summed E-state index contributed by atoms with van der Waals surface area (Å²) in [5.41, 5.74) is 1.10. The maximum atomic E-state index is 13.6. The van der Waals surface area contributed by atoms with Crippen LogP contribution in [0.3, 0.4) is 0 Å². The molecular formula is C16H16FN5. The minimum absolute atomic E-state index is 0.234. The van der Waals surface area contributed by atoms with Gasteiger partial charge < -0.3 is 10.2 Å². The lowest BCUT2D eigenvalue weighted by atomic mass is 10.0. The smallest absolute Gasteiger partial charge is 0.129 e. The summed E-state index contributed by atoms with van der Waals surface area (Å²) in [5.74, 6) is 0.415. The number of hydrogen-bond donors (Lipinski definition) is 1. The Morgan fingerprint density at radius 2 is 2.27 bits per heavy atom. The van der Waals surface area contributed by atoms with Gasteiger partial charge in [-0.25, -0.2) is 14.4 Å². The highest BCUT2D eigenvalue weighted by Crippen LogP contribution is 2.23. The molecule has 3 rings (SSSR count). The number of hydrogen-bond acceptors (Lipinski definition) is 5. The van der Waals surface area contributed by atoms with E-state index in [9.17, 15) is 4.39 Å². The van der Waals surface area contributed by atoms with E-state index < -0.39 is 0 Å². The predicted octanol–water partition coefficient (Wildman–Crippen LogP) is 2.57. The maximum Gasteiger partial charge on any atom is 0.129 e. The van der Waals surface area contributed by atoms with Crippen molar-refractivity contribution in [2.75, 3.05) is 23.3 Å². The van der Waals surface area contributed by atoms with E-state index in [2.05, 4.69) is 20.2 Å². The normalized spacial score (nSPS) is 17.8. The Hall–Kier alpha value is -2.68. The van der Waals surface area contributed by atoms with Crippen LogP contribution in [0.5, 0.6) is 0 Å². The van der Waals surface area contributed by atoms with E-state index in [0.717, 1.165) is 37.4 Å². The lowest BCUT2D eigenvalue weighted by Gasteiger charge is -2.35. The van der Waals surface area contributed by atoms with Crippen molar-refractivity contribution in [3.05, 3.63) is 48.2 Å². The molecule has 0 aliphatic carbocycles. The molecule has 6 heteroatoms. The van der Waals surface area contributed by atoms with Crippen molar-refractivity contribution in [1.82, 2.24) is 9.97 Å². The van der Waals surface area contributed by atoms with Gasteiger partial charge in [-0.1, -0.05) is 0 Å². The molecule has 1 aromatic carbocycles. The van der Waals surface area contributed by atoms with Crippen LogP contribution in [0.1, 0.15) is 18.4 Å². The average molecular weight is 297 g/mol. The molecule has 0 amide bonds. The number of nitrogens with one attached hydrogen (secondary N) is 1. The van der Waals surface area contributed by atoms with Crippen LogP contribution >= 0.6 is 0 Å². The van der Waals surface area contributed by atoms with Gasteiger partial charge in [-0.15, -0.1) is 0 Å². The van der Waals surface area contributed by atoms with Gasteiger partial charge in [0.05, 0.1) is 11.6 Å². The van der Waals surface area contributed by atoms with E-state index >= 15 is 0 Å². The van der Waals surface area contributed by atoms with Crippen molar-refractivity contribution in [2.45, 2.75) is 18.9 Å². The second kappa shape index (κ2) is 6.39. The minimum atomic E-state index is -0.375. The van der Waals surface area contributed by atoms with Crippen LogP contribution in [0, 0.1) is 17.1 Å². The summed E-state index contributed by atoms with van der Waals surface area (Å²) in [6.45, 7) is 1.61. The zero-order chi connectivity index (χ0) is 15.4. The van der Waals surface area contributed by atoms with Crippen LogP contribution in [0.2, 0.25) is 0 Å². The first-order valence-corrected chi connectivity index (χ1v) is 7.23. The second-order valence-corrected chi connectivity index (χ2v) is 5.33. The molecule has 1 atom stereocenters. The van der Waals surface area contributed by atoms with E-state index in [1.54, 1.807) is 12.3 Å². The molecule has 2 aromatic rings. The number of nitriles is 1. The number of benzene rings is 1. The van der Waals surface area contributed by atoms with E-state index in [1.807, 2.05) is 12.1 Å². The van der Waals surface area contributed by atoms with Crippen LogP contribution in [0.4, 0.5) is 15.9 Å². The zero-order valence-electron chi connectivity index (χ0n) is 12.0. The summed E-state index contributed by atoms with van der Waals surface area (Å²) >= 11 is 0. The molecule has 22 heavy (non-hydrogen) atoms. The molecular weight excluding hydrogens is 281 g/mol. The van der Waals surface area contributed by atoms with Gasteiger partial charge in [-0.2, -0.15) is 5.26 Å². The van der Waals surface area contributed by atoms with Gasteiger partial charge in [0.15, 0.2) is 0 Å². The molecule has 0 radical (unpaired) electrons. The van der Waals surface area contributed by atoms with Crippen molar-refractivity contribution in [1.29, 1.82) is 5.26 Å². The molecule has 112 valence electrons. The van der Waals surface area contributed by atoms with E-state index in [0.29, 0.717) is 5.56 Å². The van der Waals surface area contributed by atoms with Crippen molar-refractivity contribution in [2.24, 2.45) is 0 Å². The van der Waals surface area contributed by atoms with Crippen LogP contribution in [-0.4, -0.2) is 29.1 Å². The van der Waals surface area contributed by atoms with Gasteiger partial charge >= 0.3 is 0 Å². The quantitative estimate of drug-likeness (QED) is 0.943. The number of anilines is 2. The molecule has 2 heterocycles. The standard InChI is InChI=1S/C16H16FN5/c17-13-6-12(9-18)7-15(8-13)22-5-1-2-14(10-22)21-16-3-4-19-11-20-16/h3-4,6-8,11,14H,1-2,5,10H2,(H,19,20,21). The summed E-state index contributed by atoms with van der Waals surface area (Å²) in [6, 6.07) is 8.53. The molecule has 1 fully saturated rings. The summed E-state index contributed by atoms with van der Waals surface area (Å²) < 4.78 is 13.6. The average Bonchev–Trinajstić information content (AvgIpc) is 2.55. The zero-order valence-corrected chi connectivity index (χ0v) is 12.0. The van der Waals surface area contributed by atoms with Gasteiger partial charge in [0.2, 0.25) is 0 Å². The summed E-state index contributed by atoms with van der Waals surface area (Å²) in [7, 11) is 0. The first-order valence-electron chi connectivity index (χ1n) is 7.23. The molecule has 5 nitrogen and oxygen atoms in total. The minimum Gasteiger partial charge on any atom is -0.369 e. The number of rotatable bonds is 3. The fourth-order valence-electron chi connectivity index (χ4n) is 2.74. The molecule has 1 aliphatic rings. The van der Waals surface area contributed by atoms with Gasteiger partial charge in [0.1, 0.15) is 18.0 Å². The Balaban J connectivity index is 1.73. The van der Waals surface area contributed by atoms with Gasteiger partial charge in [-0.05, 0) is 37.1 Å². The van der Waals surface area contributed by atoms with E-state index in [4.69, 9.17) is 5.26 Å². The predicted molar refractivity (Wildman–Crippen MR) is 82.0 cm³/mol. The van der Waals surface area contributed by atoms with Crippen molar-refractivity contribution >= 4 is 11.5 Å². The maximum absolute atomic E-state index is 13.6. The van der Waals surface area contributed by atoms with E-state index in [1.165, 1.54) is 18.5 Å². The highest BCUT2D eigenvalue weighted by molar-refractivity contribution is 5.53. The molecule has 0 saturated carbocycles. The van der Waals surface area contributed by atoms with Crippen molar-refractivity contribution in [3.63, 3.8) is 0 Å². The number of halogens is 1. The van der Waals surface area contributed by atoms with Crippen LogP contribution < -0.4 is 10.2 Å². The molecule has 0 spiro atoms. The SMILES string of the molecule is N#Cc1cc(F)cc(N2CCCC(Nc3ccncn3)C2)c1. The first kappa shape index (κ1) is 14.3. The number of nitrogens with zero attached hydrogens (tertiary/aromatic N) is 4. The molecule has 1 unspecified atom stereocenters. The van der Waals surface area contributed by atoms with Crippen LogP contribution in [0.15, 0.2) is 36.8 Å². The first-order chi connectivity index (χ1) is 10.7. The summed E-state index contributed by atoms with van der Waals surface area (Å²) in [5, 5.41) is 12.3. The number of piperidine rings is 1. The van der Waals surface area contributed by atoms with Crippen molar-refractivity contribution in [3.8, 4) is 6.07 Å². The molecule has 1 aliphatic heterocycles. The Kier molecular flexibility index (Phi) is 4.15. The second-order valence-electron chi connectivity index (χ2n) is 5.33. The topological polar surface area (TPSA) is 64.8 Å². The van der Waals surface area contributed by atoms with Crippen LogP contribution in [-0.2, 0) is 0 Å². The van der Waals surface area contributed by atoms with Gasteiger partial charge in [0, 0.05) is 31.0 Å². The summed E-state index contributed by atoms with van der Waals surface area (Å²) in [6.07, 6.45) is 5.23. The summed E-state index contributed by atoms with van der Waals surface area (Å²) in [4.78, 5) is 10.2. The Bertz CT molecular complexity index is 683.